The highest BCUT2D eigenvalue weighted by molar-refractivity contribution is 5.90. The molecule has 0 radical (unpaired) electrons. The lowest BCUT2D eigenvalue weighted by molar-refractivity contribution is 0.687. The molecule has 0 aliphatic heterocycles. The van der Waals surface area contributed by atoms with Crippen LogP contribution in [0.25, 0.3) is 22.3 Å². The maximum absolute atomic E-state index is 9.39. The molecule has 3 aromatic rings. The molecule has 3 aromatic carbocycles. The molecule has 0 heterocycles. The summed E-state index contributed by atoms with van der Waals surface area (Å²) < 4.78 is 0. The number of hydrogen-bond acceptors (Lipinski definition) is 3. The fourth-order valence-electron chi connectivity index (χ4n) is 3.56. The standard InChI is InChI=1S/C27H27N3/c1-26(2,17-28)21-13-9-19(10-14-21)23-7-6-8-24(25(23)30-5)20-11-15-22(16-12-20)27(3,4)18-29/h6-16,30H,1-5H3. The van der Waals surface area contributed by atoms with Crippen molar-refractivity contribution in [2.24, 2.45) is 0 Å². The number of para-hydroxylation sites is 1. The van der Waals surface area contributed by atoms with Gasteiger partial charge in [0.25, 0.3) is 0 Å². The molecule has 0 fully saturated rings. The molecule has 150 valence electrons. The molecule has 3 heteroatoms. The van der Waals surface area contributed by atoms with Gasteiger partial charge in [0.1, 0.15) is 0 Å². The zero-order chi connectivity index (χ0) is 21.9. The van der Waals surface area contributed by atoms with Crippen LogP contribution in [0.3, 0.4) is 0 Å². The fraction of sp³-hybridized carbons (Fsp3) is 0.259. The predicted molar refractivity (Wildman–Crippen MR) is 124 cm³/mol. The summed E-state index contributed by atoms with van der Waals surface area (Å²) >= 11 is 0. The Labute approximate surface area is 179 Å². The van der Waals surface area contributed by atoms with Gasteiger partial charge in [0.2, 0.25) is 0 Å². The second-order valence-corrected chi connectivity index (χ2v) is 8.61. The normalized spacial score (nSPS) is 11.4. The van der Waals surface area contributed by atoms with Crippen LogP contribution in [0.1, 0.15) is 38.8 Å². The van der Waals surface area contributed by atoms with Gasteiger partial charge in [-0.1, -0.05) is 66.7 Å². The Morgan fingerprint density at radius 1 is 0.633 bits per heavy atom. The first-order valence-electron chi connectivity index (χ1n) is 10.1. The first kappa shape index (κ1) is 21.2. The molecule has 0 unspecified atom stereocenters. The van der Waals surface area contributed by atoms with Crippen molar-refractivity contribution in [2.75, 3.05) is 12.4 Å². The van der Waals surface area contributed by atoms with E-state index in [9.17, 15) is 10.5 Å². The number of nitrogens with one attached hydrogen (secondary N) is 1. The van der Waals surface area contributed by atoms with Crippen LogP contribution < -0.4 is 5.32 Å². The van der Waals surface area contributed by atoms with Gasteiger partial charge in [-0.15, -0.1) is 0 Å². The van der Waals surface area contributed by atoms with E-state index in [-0.39, 0.29) is 0 Å². The largest absolute Gasteiger partial charge is 0.387 e. The lowest BCUT2D eigenvalue weighted by Crippen LogP contribution is -2.13. The quantitative estimate of drug-likeness (QED) is 0.527. The summed E-state index contributed by atoms with van der Waals surface area (Å²) in [6.45, 7) is 7.72. The van der Waals surface area contributed by atoms with Crippen molar-refractivity contribution in [2.45, 2.75) is 38.5 Å². The van der Waals surface area contributed by atoms with E-state index in [2.05, 4.69) is 59.9 Å². The Morgan fingerprint density at radius 3 is 1.30 bits per heavy atom. The van der Waals surface area contributed by atoms with Gasteiger partial charge in [-0.25, -0.2) is 0 Å². The van der Waals surface area contributed by atoms with Crippen LogP contribution in [0.2, 0.25) is 0 Å². The molecule has 0 saturated carbocycles. The highest BCUT2D eigenvalue weighted by Crippen LogP contribution is 2.38. The predicted octanol–water partition coefficient (Wildman–Crippen LogP) is 6.66. The average molecular weight is 394 g/mol. The van der Waals surface area contributed by atoms with Crippen LogP contribution in [0.15, 0.2) is 66.7 Å². The molecular weight excluding hydrogens is 366 g/mol. The summed E-state index contributed by atoms with van der Waals surface area (Å²) in [5.74, 6) is 0. The Morgan fingerprint density at radius 2 is 1.00 bits per heavy atom. The van der Waals surface area contributed by atoms with Crippen LogP contribution >= 0.6 is 0 Å². The monoisotopic (exact) mass is 393 g/mol. The highest BCUT2D eigenvalue weighted by Gasteiger charge is 2.21. The van der Waals surface area contributed by atoms with Crippen LogP contribution in [0.5, 0.6) is 0 Å². The van der Waals surface area contributed by atoms with E-state index < -0.39 is 10.8 Å². The van der Waals surface area contributed by atoms with Crippen molar-refractivity contribution in [3.63, 3.8) is 0 Å². The number of nitriles is 2. The third-order valence-corrected chi connectivity index (χ3v) is 5.71. The van der Waals surface area contributed by atoms with Gasteiger partial charge >= 0.3 is 0 Å². The maximum atomic E-state index is 9.39. The minimum Gasteiger partial charge on any atom is -0.387 e. The zero-order valence-corrected chi connectivity index (χ0v) is 18.2. The van der Waals surface area contributed by atoms with Crippen molar-refractivity contribution in [3.8, 4) is 34.4 Å². The topological polar surface area (TPSA) is 59.6 Å². The number of nitrogens with zero attached hydrogens (tertiary/aromatic N) is 2. The van der Waals surface area contributed by atoms with Crippen molar-refractivity contribution in [1.29, 1.82) is 10.5 Å². The lowest BCUT2D eigenvalue weighted by Gasteiger charge is -2.19. The molecular formula is C27H27N3. The molecule has 30 heavy (non-hydrogen) atoms. The molecule has 3 rings (SSSR count). The minimum absolute atomic E-state index is 0.509. The molecule has 0 aliphatic carbocycles. The minimum atomic E-state index is -0.509. The average Bonchev–Trinajstić information content (AvgIpc) is 2.78. The van der Waals surface area contributed by atoms with Gasteiger partial charge in [0.05, 0.1) is 23.0 Å². The maximum Gasteiger partial charge on any atom is 0.0766 e. The lowest BCUT2D eigenvalue weighted by atomic mass is 9.84. The highest BCUT2D eigenvalue weighted by atomic mass is 14.8. The van der Waals surface area contributed by atoms with Crippen molar-refractivity contribution in [3.05, 3.63) is 77.9 Å². The number of rotatable bonds is 5. The van der Waals surface area contributed by atoms with Crippen molar-refractivity contribution >= 4 is 5.69 Å². The van der Waals surface area contributed by atoms with Gasteiger partial charge in [-0.05, 0) is 49.9 Å². The number of hydrogen-bond donors (Lipinski definition) is 1. The third kappa shape index (κ3) is 3.93. The fourth-order valence-corrected chi connectivity index (χ4v) is 3.56. The summed E-state index contributed by atoms with van der Waals surface area (Å²) in [5, 5.41) is 22.1. The first-order chi connectivity index (χ1) is 14.2. The zero-order valence-electron chi connectivity index (χ0n) is 18.2. The molecule has 1 N–H and O–H groups in total. The SMILES string of the molecule is CNc1c(-c2ccc(C(C)(C)C#N)cc2)cccc1-c1ccc(C(C)(C)C#N)cc1. The van der Waals surface area contributed by atoms with Gasteiger partial charge in [-0.2, -0.15) is 10.5 Å². The molecule has 0 bridgehead atoms. The van der Waals surface area contributed by atoms with E-state index in [1.165, 1.54) is 0 Å². The molecule has 0 atom stereocenters. The molecule has 0 spiro atoms. The van der Waals surface area contributed by atoms with Crippen LogP contribution in [-0.2, 0) is 10.8 Å². The third-order valence-electron chi connectivity index (χ3n) is 5.71. The Hall–Kier alpha value is -3.56. The molecule has 0 aromatic heterocycles. The van der Waals surface area contributed by atoms with E-state index in [1.54, 1.807) is 0 Å². The van der Waals surface area contributed by atoms with Crippen molar-refractivity contribution in [1.82, 2.24) is 0 Å². The smallest absolute Gasteiger partial charge is 0.0766 e. The Kier molecular flexibility index (Phi) is 5.68. The molecule has 0 saturated heterocycles. The number of anilines is 1. The summed E-state index contributed by atoms with van der Waals surface area (Å²) in [4.78, 5) is 0. The Balaban J connectivity index is 2.04. The summed E-state index contributed by atoms with van der Waals surface area (Å²) in [7, 11) is 1.93. The first-order valence-corrected chi connectivity index (χ1v) is 10.1. The van der Waals surface area contributed by atoms with E-state index in [4.69, 9.17) is 0 Å². The van der Waals surface area contributed by atoms with Gasteiger partial charge < -0.3 is 5.32 Å². The second kappa shape index (κ2) is 8.05. The van der Waals surface area contributed by atoms with Crippen LogP contribution in [0.4, 0.5) is 5.69 Å². The van der Waals surface area contributed by atoms with Crippen LogP contribution in [0, 0.1) is 22.7 Å². The second-order valence-electron chi connectivity index (χ2n) is 8.61. The van der Waals surface area contributed by atoms with E-state index in [0.29, 0.717) is 0 Å². The van der Waals surface area contributed by atoms with Crippen molar-refractivity contribution < 1.29 is 0 Å². The van der Waals surface area contributed by atoms with E-state index in [0.717, 1.165) is 39.1 Å². The van der Waals surface area contributed by atoms with E-state index >= 15 is 0 Å². The van der Waals surface area contributed by atoms with Gasteiger partial charge in [0, 0.05) is 23.9 Å². The summed E-state index contributed by atoms with van der Waals surface area (Å²) in [6, 6.07) is 27.4. The van der Waals surface area contributed by atoms with E-state index in [1.807, 2.05) is 59.0 Å². The molecule has 0 amide bonds. The van der Waals surface area contributed by atoms with Crippen LogP contribution in [-0.4, -0.2) is 7.05 Å². The van der Waals surface area contributed by atoms with Gasteiger partial charge in [0.15, 0.2) is 0 Å². The summed E-state index contributed by atoms with van der Waals surface area (Å²) in [5.41, 5.74) is 6.46. The Bertz CT molecular complexity index is 1030. The molecule has 3 nitrogen and oxygen atoms in total. The molecule has 0 aliphatic rings. The summed E-state index contributed by atoms with van der Waals surface area (Å²) in [6.07, 6.45) is 0. The number of benzene rings is 3. The van der Waals surface area contributed by atoms with Gasteiger partial charge in [-0.3, -0.25) is 0 Å².